The first-order valence-electron chi connectivity index (χ1n) is 11.8. The quantitative estimate of drug-likeness (QED) is 0.462. The average molecular weight is 496 g/mol. The fraction of sp³-hybridized carbons (Fsp3) is 0.370. The number of amides is 4. The number of likely N-dealkylation sites (tertiary alicyclic amines) is 1. The number of nitrogens with zero attached hydrogens (tertiary/aromatic N) is 2. The van der Waals surface area contributed by atoms with Crippen molar-refractivity contribution in [2.75, 3.05) is 26.7 Å². The minimum absolute atomic E-state index is 0.0402. The first-order valence-corrected chi connectivity index (χ1v) is 12.2. The Bertz CT molecular complexity index is 1130. The van der Waals surface area contributed by atoms with Crippen molar-refractivity contribution < 1.29 is 19.1 Å². The summed E-state index contributed by atoms with van der Waals surface area (Å²) in [4.78, 5) is 41.7. The van der Waals surface area contributed by atoms with Gasteiger partial charge in [0.25, 0.3) is 5.91 Å². The van der Waals surface area contributed by atoms with Gasteiger partial charge >= 0.3 is 6.03 Å². The van der Waals surface area contributed by atoms with Gasteiger partial charge in [0.05, 0.1) is 7.11 Å². The normalized spacial score (nSPS) is 21.0. The molecule has 2 fully saturated rings. The number of ether oxygens (including phenoxy) is 1. The molecule has 0 aromatic heterocycles. The Balaban J connectivity index is 1.33. The second kappa shape index (κ2) is 10.5. The van der Waals surface area contributed by atoms with E-state index in [1.165, 1.54) is 11.0 Å². The zero-order valence-corrected chi connectivity index (χ0v) is 20.8. The second-order valence-electron chi connectivity index (χ2n) is 9.14. The number of hydrogen-bond acceptors (Lipinski definition) is 4. The maximum absolute atomic E-state index is 13.3. The molecule has 0 bridgehead atoms. The highest BCUT2D eigenvalue weighted by atomic mass is 35.5. The van der Waals surface area contributed by atoms with Crippen molar-refractivity contribution in [3.8, 4) is 5.75 Å². The summed E-state index contributed by atoms with van der Waals surface area (Å²) >= 11 is 6.16. The van der Waals surface area contributed by atoms with Crippen molar-refractivity contribution in [1.29, 1.82) is 0 Å². The van der Waals surface area contributed by atoms with Crippen molar-refractivity contribution in [3.63, 3.8) is 0 Å². The van der Waals surface area contributed by atoms with E-state index in [0.29, 0.717) is 43.9 Å². The molecule has 7 nitrogen and oxygen atoms in total. The molecule has 8 heteroatoms. The third kappa shape index (κ3) is 5.35. The molecule has 0 spiro atoms. The van der Waals surface area contributed by atoms with Crippen LogP contribution in [0.2, 0.25) is 5.02 Å². The van der Waals surface area contributed by atoms with Crippen LogP contribution in [0.25, 0.3) is 6.08 Å². The van der Waals surface area contributed by atoms with Crippen molar-refractivity contribution in [3.05, 3.63) is 70.8 Å². The molecule has 4 amide bonds. The van der Waals surface area contributed by atoms with Crippen LogP contribution in [0.3, 0.4) is 0 Å². The van der Waals surface area contributed by atoms with Crippen LogP contribution < -0.4 is 10.1 Å². The molecule has 2 aromatic rings. The van der Waals surface area contributed by atoms with Crippen molar-refractivity contribution in [1.82, 2.24) is 15.1 Å². The van der Waals surface area contributed by atoms with E-state index in [0.717, 1.165) is 16.9 Å². The fourth-order valence-electron chi connectivity index (χ4n) is 4.78. The zero-order valence-electron chi connectivity index (χ0n) is 20.0. The van der Waals surface area contributed by atoms with E-state index in [4.69, 9.17) is 16.3 Å². The number of halogens is 1. The Labute approximate surface area is 210 Å². The maximum Gasteiger partial charge on any atom is 0.325 e. The van der Waals surface area contributed by atoms with Gasteiger partial charge in [0, 0.05) is 30.7 Å². The highest BCUT2D eigenvalue weighted by Crippen LogP contribution is 2.33. The summed E-state index contributed by atoms with van der Waals surface area (Å²) in [5.74, 6) is 0.442. The number of methoxy groups -OCH3 is 1. The smallest absolute Gasteiger partial charge is 0.325 e. The molecule has 2 heterocycles. The molecule has 2 aliphatic rings. The van der Waals surface area contributed by atoms with Gasteiger partial charge in [-0.15, -0.1) is 0 Å². The van der Waals surface area contributed by atoms with Crippen LogP contribution in [0.1, 0.15) is 30.9 Å². The summed E-state index contributed by atoms with van der Waals surface area (Å²) in [6.45, 7) is 3.18. The lowest BCUT2D eigenvalue weighted by atomic mass is 9.79. The largest absolute Gasteiger partial charge is 0.497 e. The number of urea groups is 1. The number of benzene rings is 2. The standard InChI is InChI=1S/C27H30ClN3O4/c1-27(25(33)31(26(34)29-27)18-13-19-7-10-22(35-2)11-8-19)21-14-16-30(17-15-21)24(32)12-9-20-5-3-4-6-23(20)28/h3-12,21H,13-18H2,1-2H3,(H,29,34). The van der Waals surface area contributed by atoms with E-state index >= 15 is 0 Å². The van der Waals surface area contributed by atoms with Crippen LogP contribution in [-0.2, 0) is 16.0 Å². The monoisotopic (exact) mass is 495 g/mol. The van der Waals surface area contributed by atoms with Crippen molar-refractivity contribution in [2.45, 2.75) is 31.7 Å². The van der Waals surface area contributed by atoms with Crippen LogP contribution in [0.4, 0.5) is 4.79 Å². The first kappa shape index (κ1) is 24.8. The SMILES string of the molecule is COc1ccc(CCN2C(=O)NC(C)(C3CCN(C(=O)C=Cc4ccccc4Cl)CC3)C2=O)cc1. The molecule has 1 atom stereocenters. The van der Waals surface area contributed by atoms with Gasteiger partial charge in [0.15, 0.2) is 0 Å². The van der Waals surface area contributed by atoms with Crippen LogP contribution in [0.5, 0.6) is 5.75 Å². The number of hydrogen-bond donors (Lipinski definition) is 1. The van der Waals surface area contributed by atoms with E-state index in [-0.39, 0.29) is 23.8 Å². The number of rotatable bonds is 7. The molecular formula is C27H30ClN3O4. The van der Waals surface area contributed by atoms with E-state index in [1.54, 1.807) is 31.1 Å². The van der Waals surface area contributed by atoms with E-state index in [2.05, 4.69) is 5.32 Å². The molecule has 1 unspecified atom stereocenters. The fourth-order valence-corrected chi connectivity index (χ4v) is 4.98. The van der Waals surface area contributed by atoms with E-state index in [1.807, 2.05) is 42.5 Å². The highest BCUT2D eigenvalue weighted by Gasteiger charge is 2.52. The minimum Gasteiger partial charge on any atom is -0.497 e. The lowest BCUT2D eigenvalue weighted by Gasteiger charge is -2.38. The number of imide groups is 1. The second-order valence-corrected chi connectivity index (χ2v) is 9.55. The predicted molar refractivity (Wildman–Crippen MR) is 135 cm³/mol. The highest BCUT2D eigenvalue weighted by molar-refractivity contribution is 6.32. The Morgan fingerprint density at radius 1 is 1.14 bits per heavy atom. The van der Waals surface area contributed by atoms with Crippen LogP contribution in [0, 0.1) is 5.92 Å². The molecule has 2 aromatic carbocycles. The Kier molecular flexibility index (Phi) is 7.45. The molecule has 0 radical (unpaired) electrons. The van der Waals surface area contributed by atoms with Gasteiger partial charge in [-0.1, -0.05) is 41.9 Å². The summed E-state index contributed by atoms with van der Waals surface area (Å²) in [6, 6.07) is 14.6. The third-order valence-electron chi connectivity index (χ3n) is 7.02. The summed E-state index contributed by atoms with van der Waals surface area (Å²) in [7, 11) is 1.61. The predicted octanol–water partition coefficient (Wildman–Crippen LogP) is 4.15. The van der Waals surface area contributed by atoms with Gasteiger partial charge in [-0.2, -0.15) is 0 Å². The maximum atomic E-state index is 13.3. The van der Waals surface area contributed by atoms with Gasteiger partial charge in [-0.05, 0) is 67.5 Å². The average Bonchev–Trinajstić information content (AvgIpc) is 3.10. The van der Waals surface area contributed by atoms with E-state index < -0.39 is 5.54 Å². The van der Waals surface area contributed by atoms with Crippen LogP contribution in [0.15, 0.2) is 54.6 Å². The zero-order chi connectivity index (χ0) is 25.0. The summed E-state index contributed by atoms with van der Waals surface area (Å²) in [6.07, 6.45) is 5.11. The summed E-state index contributed by atoms with van der Waals surface area (Å²) < 4.78 is 5.17. The molecule has 2 aliphatic heterocycles. The van der Waals surface area contributed by atoms with Crippen molar-refractivity contribution in [2.24, 2.45) is 5.92 Å². The van der Waals surface area contributed by atoms with Gasteiger partial charge in [0.2, 0.25) is 5.91 Å². The lowest BCUT2D eigenvalue weighted by molar-refractivity contribution is -0.134. The first-order chi connectivity index (χ1) is 16.8. The molecule has 0 saturated carbocycles. The van der Waals surface area contributed by atoms with Crippen LogP contribution >= 0.6 is 11.6 Å². The molecule has 184 valence electrons. The number of piperidine rings is 1. The lowest BCUT2D eigenvalue weighted by Crippen LogP contribution is -2.54. The molecule has 1 N–H and O–H groups in total. The summed E-state index contributed by atoms with van der Waals surface area (Å²) in [5.41, 5.74) is 0.857. The van der Waals surface area contributed by atoms with Crippen molar-refractivity contribution >= 4 is 35.5 Å². The molecule has 2 saturated heterocycles. The molecular weight excluding hydrogens is 466 g/mol. The molecule has 35 heavy (non-hydrogen) atoms. The van der Waals surface area contributed by atoms with Gasteiger partial charge in [-0.25, -0.2) is 4.79 Å². The van der Waals surface area contributed by atoms with Gasteiger partial charge in [-0.3, -0.25) is 14.5 Å². The number of carbonyl (C=O) groups excluding carboxylic acids is 3. The summed E-state index contributed by atoms with van der Waals surface area (Å²) in [5, 5.41) is 3.53. The Morgan fingerprint density at radius 2 is 1.83 bits per heavy atom. The van der Waals surface area contributed by atoms with Crippen LogP contribution in [-0.4, -0.2) is 59.9 Å². The minimum atomic E-state index is -0.959. The Hall–Kier alpha value is -3.32. The molecule has 4 rings (SSSR count). The van der Waals surface area contributed by atoms with Gasteiger partial charge in [0.1, 0.15) is 11.3 Å². The third-order valence-corrected chi connectivity index (χ3v) is 7.36. The number of nitrogens with one attached hydrogen (secondary N) is 1. The topological polar surface area (TPSA) is 79.0 Å². The van der Waals surface area contributed by atoms with E-state index in [9.17, 15) is 14.4 Å². The van der Waals surface area contributed by atoms with Gasteiger partial charge < -0.3 is 15.0 Å². The Morgan fingerprint density at radius 3 is 2.49 bits per heavy atom. The number of carbonyl (C=O) groups is 3. The molecule has 0 aliphatic carbocycles.